The first-order valence-electron chi connectivity index (χ1n) is 7.26. The number of hydrogen-bond acceptors (Lipinski definition) is 3. The van der Waals surface area contributed by atoms with Crippen LogP contribution >= 0.6 is 11.6 Å². The molecule has 1 aromatic carbocycles. The fraction of sp³-hybridized carbons (Fsp3) is 0.500. The number of carbonyl (C=O) groups excluding carboxylic acids is 2. The van der Waals surface area contributed by atoms with Gasteiger partial charge in [0.1, 0.15) is 5.54 Å². The molecule has 0 radical (unpaired) electrons. The summed E-state index contributed by atoms with van der Waals surface area (Å²) in [5.41, 5.74) is 0.721. The molecule has 1 atom stereocenters. The van der Waals surface area contributed by atoms with Crippen molar-refractivity contribution in [3.63, 3.8) is 0 Å². The summed E-state index contributed by atoms with van der Waals surface area (Å²) in [5.74, 6) is -0.209. The monoisotopic (exact) mass is 324 g/mol. The van der Waals surface area contributed by atoms with Gasteiger partial charge in [-0.2, -0.15) is 0 Å². The van der Waals surface area contributed by atoms with Crippen LogP contribution in [0.25, 0.3) is 0 Å². The van der Waals surface area contributed by atoms with Crippen LogP contribution in [-0.4, -0.2) is 37.6 Å². The molecular weight excluding hydrogens is 304 g/mol. The van der Waals surface area contributed by atoms with Crippen LogP contribution in [0, 0.1) is 6.92 Å². The molecule has 5 nitrogen and oxygen atoms in total. The van der Waals surface area contributed by atoms with E-state index in [1.54, 1.807) is 37.1 Å². The van der Waals surface area contributed by atoms with Crippen LogP contribution in [-0.2, 0) is 14.3 Å². The summed E-state index contributed by atoms with van der Waals surface area (Å²) < 4.78 is 4.94. The molecule has 1 heterocycles. The second-order valence-electron chi connectivity index (χ2n) is 5.68. The van der Waals surface area contributed by atoms with Gasteiger partial charge < -0.3 is 10.1 Å². The molecule has 1 saturated heterocycles. The van der Waals surface area contributed by atoms with E-state index in [0.29, 0.717) is 31.0 Å². The van der Waals surface area contributed by atoms with E-state index in [9.17, 15) is 9.59 Å². The van der Waals surface area contributed by atoms with Gasteiger partial charge in [0.05, 0.1) is 6.61 Å². The van der Waals surface area contributed by atoms with Crippen LogP contribution < -0.4 is 10.2 Å². The predicted octanol–water partition coefficient (Wildman–Crippen LogP) is 2.30. The molecule has 2 amide bonds. The van der Waals surface area contributed by atoms with Gasteiger partial charge in [-0.3, -0.25) is 14.5 Å². The largest absolute Gasteiger partial charge is 0.383 e. The molecule has 6 heteroatoms. The molecule has 1 aliphatic heterocycles. The Morgan fingerprint density at radius 2 is 2.23 bits per heavy atom. The van der Waals surface area contributed by atoms with Crippen LogP contribution in [0.3, 0.4) is 0 Å². The number of nitrogens with one attached hydrogen (secondary N) is 1. The third-order valence-electron chi connectivity index (χ3n) is 4.05. The van der Waals surface area contributed by atoms with Crippen molar-refractivity contribution >= 4 is 29.1 Å². The Labute approximate surface area is 135 Å². The fourth-order valence-corrected chi connectivity index (χ4v) is 3.02. The number of halogens is 1. The lowest BCUT2D eigenvalue weighted by atomic mass is 9.96. The quantitative estimate of drug-likeness (QED) is 0.845. The molecule has 22 heavy (non-hydrogen) atoms. The summed E-state index contributed by atoms with van der Waals surface area (Å²) in [6.07, 6.45) is 0.850. The fourth-order valence-electron chi connectivity index (χ4n) is 2.79. The van der Waals surface area contributed by atoms with Gasteiger partial charge in [0.2, 0.25) is 11.8 Å². The van der Waals surface area contributed by atoms with Crippen molar-refractivity contribution in [1.82, 2.24) is 5.32 Å². The zero-order chi connectivity index (χ0) is 16.3. The maximum atomic E-state index is 12.6. The third kappa shape index (κ3) is 3.10. The highest BCUT2D eigenvalue weighted by molar-refractivity contribution is 6.30. The Kier molecular flexibility index (Phi) is 5.08. The first kappa shape index (κ1) is 16.8. The first-order valence-corrected chi connectivity index (χ1v) is 7.64. The van der Waals surface area contributed by atoms with E-state index in [2.05, 4.69) is 5.32 Å². The first-order chi connectivity index (χ1) is 10.4. The molecule has 0 unspecified atom stereocenters. The van der Waals surface area contributed by atoms with Gasteiger partial charge >= 0.3 is 0 Å². The summed E-state index contributed by atoms with van der Waals surface area (Å²) in [6.45, 7) is 4.55. The molecule has 0 spiro atoms. The average molecular weight is 325 g/mol. The molecule has 0 saturated carbocycles. The maximum Gasteiger partial charge on any atom is 0.246 e. The Hall–Kier alpha value is -1.59. The second-order valence-corrected chi connectivity index (χ2v) is 6.12. The molecular formula is C16H21ClN2O3. The number of benzene rings is 1. The molecule has 1 aliphatic rings. The van der Waals surface area contributed by atoms with Gasteiger partial charge in [0.15, 0.2) is 0 Å². The molecule has 0 aliphatic carbocycles. The van der Waals surface area contributed by atoms with Gasteiger partial charge in [-0.25, -0.2) is 0 Å². The van der Waals surface area contributed by atoms with Crippen LogP contribution in [0.1, 0.15) is 25.3 Å². The van der Waals surface area contributed by atoms with Gasteiger partial charge in [-0.1, -0.05) is 11.6 Å². The zero-order valence-corrected chi connectivity index (χ0v) is 13.9. The van der Waals surface area contributed by atoms with Gasteiger partial charge in [0.25, 0.3) is 0 Å². The minimum atomic E-state index is -0.886. The van der Waals surface area contributed by atoms with Crippen molar-refractivity contribution in [2.75, 3.05) is 25.2 Å². The predicted molar refractivity (Wildman–Crippen MR) is 86.2 cm³/mol. The van der Waals surface area contributed by atoms with E-state index in [4.69, 9.17) is 16.3 Å². The number of ether oxygens (including phenoxy) is 1. The zero-order valence-electron chi connectivity index (χ0n) is 13.1. The van der Waals surface area contributed by atoms with Crippen molar-refractivity contribution in [1.29, 1.82) is 0 Å². The van der Waals surface area contributed by atoms with Crippen LogP contribution in [0.15, 0.2) is 18.2 Å². The van der Waals surface area contributed by atoms with Crippen molar-refractivity contribution in [3.8, 4) is 0 Å². The smallest absolute Gasteiger partial charge is 0.246 e. The van der Waals surface area contributed by atoms with Gasteiger partial charge in [-0.05, 0) is 44.0 Å². The summed E-state index contributed by atoms with van der Waals surface area (Å²) in [6, 6.07) is 5.33. The highest BCUT2D eigenvalue weighted by Gasteiger charge is 2.48. The summed E-state index contributed by atoms with van der Waals surface area (Å²) in [4.78, 5) is 26.5. The Morgan fingerprint density at radius 3 is 2.86 bits per heavy atom. The molecule has 0 bridgehead atoms. The summed E-state index contributed by atoms with van der Waals surface area (Å²) >= 11 is 5.98. The van der Waals surface area contributed by atoms with Crippen molar-refractivity contribution in [2.45, 2.75) is 32.2 Å². The van der Waals surface area contributed by atoms with Crippen molar-refractivity contribution in [2.24, 2.45) is 0 Å². The third-order valence-corrected chi connectivity index (χ3v) is 4.28. The average Bonchev–Trinajstić information content (AvgIpc) is 2.77. The lowest BCUT2D eigenvalue weighted by Gasteiger charge is -2.35. The Balaban J connectivity index is 2.30. The van der Waals surface area contributed by atoms with Crippen LogP contribution in [0.4, 0.5) is 5.69 Å². The van der Waals surface area contributed by atoms with Crippen LogP contribution in [0.5, 0.6) is 0 Å². The van der Waals surface area contributed by atoms with Crippen LogP contribution in [0.2, 0.25) is 5.02 Å². The minimum absolute atomic E-state index is 0.0465. The van der Waals surface area contributed by atoms with E-state index >= 15 is 0 Å². The lowest BCUT2D eigenvalue weighted by Crippen LogP contribution is -2.55. The molecule has 120 valence electrons. The molecule has 0 aromatic heterocycles. The number of hydrogen-bond donors (Lipinski definition) is 1. The molecule has 1 aromatic rings. The maximum absolute atomic E-state index is 12.6. The summed E-state index contributed by atoms with van der Waals surface area (Å²) in [5, 5.41) is 3.44. The second kappa shape index (κ2) is 6.67. The number of nitrogens with zero attached hydrogens (tertiary/aromatic N) is 1. The standard InChI is InChI=1S/C16H21ClN2O3/c1-11-10-12(17)4-5-13(11)19-14(20)6-7-16(19,2)15(21)18-8-9-22-3/h4-5,10H,6-9H2,1-3H3,(H,18,21)/t16-/m0/s1. The SMILES string of the molecule is COCCNC(=O)[C@]1(C)CCC(=O)N1c1ccc(Cl)cc1C. The summed E-state index contributed by atoms with van der Waals surface area (Å²) in [7, 11) is 1.58. The topological polar surface area (TPSA) is 58.6 Å². The van der Waals surface area contributed by atoms with E-state index in [1.165, 1.54) is 0 Å². The number of aryl methyl sites for hydroxylation is 1. The van der Waals surface area contributed by atoms with Crippen molar-refractivity contribution in [3.05, 3.63) is 28.8 Å². The van der Waals surface area contributed by atoms with E-state index in [1.807, 2.05) is 6.92 Å². The van der Waals surface area contributed by atoms with Crippen molar-refractivity contribution < 1.29 is 14.3 Å². The number of rotatable bonds is 5. The van der Waals surface area contributed by atoms with Gasteiger partial charge in [-0.15, -0.1) is 0 Å². The Morgan fingerprint density at radius 1 is 1.50 bits per heavy atom. The van der Waals surface area contributed by atoms with E-state index in [-0.39, 0.29) is 11.8 Å². The molecule has 1 fully saturated rings. The number of methoxy groups -OCH3 is 1. The lowest BCUT2D eigenvalue weighted by molar-refractivity contribution is -0.127. The number of anilines is 1. The van der Waals surface area contributed by atoms with E-state index < -0.39 is 5.54 Å². The Bertz CT molecular complexity index is 591. The highest BCUT2D eigenvalue weighted by Crippen LogP contribution is 2.37. The number of amides is 2. The van der Waals surface area contributed by atoms with Gasteiger partial charge in [0, 0.05) is 30.8 Å². The van der Waals surface area contributed by atoms with E-state index in [0.717, 1.165) is 11.3 Å². The number of carbonyl (C=O) groups is 2. The normalized spacial score (nSPS) is 21.3. The molecule has 1 N–H and O–H groups in total. The molecule has 2 rings (SSSR count). The minimum Gasteiger partial charge on any atom is -0.383 e. The highest BCUT2D eigenvalue weighted by atomic mass is 35.5.